The van der Waals surface area contributed by atoms with E-state index in [9.17, 15) is 4.39 Å². The van der Waals surface area contributed by atoms with Crippen LogP contribution in [0.4, 0.5) is 21.8 Å². The van der Waals surface area contributed by atoms with E-state index in [4.69, 9.17) is 0 Å². The van der Waals surface area contributed by atoms with Gasteiger partial charge in [0.2, 0.25) is 5.95 Å². The van der Waals surface area contributed by atoms with E-state index in [1.807, 2.05) is 27.6 Å². The van der Waals surface area contributed by atoms with Gasteiger partial charge in [-0.05, 0) is 18.1 Å². The van der Waals surface area contributed by atoms with Crippen LogP contribution in [0.15, 0.2) is 36.8 Å². The van der Waals surface area contributed by atoms with E-state index < -0.39 is 0 Å². The molecule has 2 N–H and O–H groups in total. The number of piperazine rings is 1. The predicted molar refractivity (Wildman–Crippen MR) is 115 cm³/mol. The highest BCUT2D eigenvalue weighted by molar-refractivity contribution is 5.79. The molecule has 0 unspecified atom stereocenters. The van der Waals surface area contributed by atoms with E-state index in [0.717, 1.165) is 48.6 Å². The summed E-state index contributed by atoms with van der Waals surface area (Å²) in [4.78, 5) is 19.9. The van der Waals surface area contributed by atoms with E-state index in [1.165, 1.54) is 6.07 Å². The average molecular weight is 406 g/mol. The molecule has 0 atom stereocenters. The molecule has 4 aromatic heterocycles. The molecule has 9 heteroatoms. The van der Waals surface area contributed by atoms with Gasteiger partial charge >= 0.3 is 0 Å². The summed E-state index contributed by atoms with van der Waals surface area (Å²) in [5, 5.41) is 7.20. The molecule has 0 aromatic carbocycles. The first-order chi connectivity index (χ1) is 14.6. The minimum atomic E-state index is -0.311. The van der Waals surface area contributed by atoms with Gasteiger partial charge in [0.05, 0.1) is 11.9 Å². The van der Waals surface area contributed by atoms with Gasteiger partial charge in [-0.2, -0.15) is 4.98 Å². The number of nitrogens with zero attached hydrogens (tertiary/aromatic N) is 6. The molecule has 154 valence electrons. The fraction of sp³-hybridized carbons (Fsp3) is 0.333. The number of nitrogens with one attached hydrogen (secondary N) is 2. The second-order valence-electron chi connectivity index (χ2n) is 7.72. The Balaban J connectivity index is 1.48. The van der Waals surface area contributed by atoms with E-state index in [2.05, 4.69) is 44.4 Å². The van der Waals surface area contributed by atoms with Gasteiger partial charge in [0.1, 0.15) is 11.5 Å². The van der Waals surface area contributed by atoms with Gasteiger partial charge in [-0.3, -0.25) is 4.40 Å². The minimum Gasteiger partial charge on any atom is -0.365 e. The summed E-state index contributed by atoms with van der Waals surface area (Å²) in [5.41, 5.74) is 3.18. The van der Waals surface area contributed by atoms with Crippen molar-refractivity contribution >= 4 is 34.1 Å². The fourth-order valence-electron chi connectivity index (χ4n) is 3.78. The fourth-order valence-corrected chi connectivity index (χ4v) is 3.78. The van der Waals surface area contributed by atoms with Crippen LogP contribution in [-0.4, -0.2) is 50.5 Å². The zero-order valence-electron chi connectivity index (χ0n) is 16.9. The Morgan fingerprint density at radius 2 is 1.90 bits per heavy atom. The number of pyridine rings is 2. The second-order valence-corrected chi connectivity index (χ2v) is 7.72. The van der Waals surface area contributed by atoms with Crippen molar-refractivity contribution in [2.45, 2.75) is 19.8 Å². The molecule has 0 saturated carbocycles. The van der Waals surface area contributed by atoms with Gasteiger partial charge < -0.3 is 15.5 Å². The summed E-state index contributed by atoms with van der Waals surface area (Å²) in [6, 6.07) is 5.30. The minimum absolute atomic E-state index is 0.297. The Hall–Kier alpha value is -3.33. The Kier molecular flexibility index (Phi) is 4.66. The van der Waals surface area contributed by atoms with Crippen LogP contribution in [-0.2, 0) is 0 Å². The van der Waals surface area contributed by atoms with Crippen LogP contribution in [0.25, 0.3) is 16.7 Å². The lowest BCUT2D eigenvalue weighted by atomic mass is 10.1. The molecular weight excluding hydrogens is 383 g/mol. The van der Waals surface area contributed by atoms with Gasteiger partial charge in [0.15, 0.2) is 11.5 Å². The number of rotatable bonds is 4. The number of anilines is 3. The van der Waals surface area contributed by atoms with E-state index in [1.54, 1.807) is 12.4 Å². The van der Waals surface area contributed by atoms with Gasteiger partial charge in [-0.15, -0.1) is 0 Å². The topological polar surface area (TPSA) is 83.3 Å². The standard InChI is InChI=1S/C21H23FN8/c1-13(2)16-11-25-19-4-3-14-10-26-21(28-20(14)30(16)19)27-18-9-15(22)17(12-24-18)29-7-5-23-6-8-29/h3-4,9-13,23H,5-8H2,1-2H3,(H,24,26,27,28). The molecule has 1 aliphatic heterocycles. The number of fused-ring (bicyclic) bond motifs is 3. The highest BCUT2D eigenvalue weighted by Gasteiger charge is 2.16. The molecule has 30 heavy (non-hydrogen) atoms. The maximum Gasteiger partial charge on any atom is 0.230 e. The SMILES string of the molecule is CC(C)c1cnc2ccc3cnc(Nc4cc(F)c(N5CCNCC5)cn4)nc3n12. The Morgan fingerprint density at radius 1 is 1.07 bits per heavy atom. The molecule has 8 nitrogen and oxygen atoms in total. The van der Waals surface area contributed by atoms with Gasteiger partial charge in [0, 0.05) is 55.7 Å². The normalized spacial score (nSPS) is 14.7. The molecule has 0 radical (unpaired) electrons. The number of hydrogen-bond donors (Lipinski definition) is 2. The predicted octanol–water partition coefficient (Wildman–Crippen LogP) is 3.09. The zero-order valence-corrected chi connectivity index (χ0v) is 16.9. The van der Waals surface area contributed by atoms with E-state index in [-0.39, 0.29) is 5.82 Å². The molecule has 1 fully saturated rings. The zero-order chi connectivity index (χ0) is 20.7. The molecule has 0 spiro atoms. The highest BCUT2D eigenvalue weighted by atomic mass is 19.1. The maximum absolute atomic E-state index is 14.7. The molecule has 5 rings (SSSR count). The monoisotopic (exact) mass is 406 g/mol. The Labute approximate surface area is 173 Å². The molecule has 0 bridgehead atoms. The first kappa shape index (κ1) is 18.7. The molecule has 5 heterocycles. The average Bonchev–Trinajstić information content (AvgIpc) is 3.20. The van der Waals surface area contributed by atoms with Crippen LogP contribution in [0, 0.1) is 5.82 Å². The van der Waals surface area contributed by atoms with Gasteiger partial charge in [-0.1, -0.05) is 13.8 Å². The molecule has 0 amide bonds. The number of hydrogen-bond acceptors (Lipinski definition) is 7. The second kappa shape index (κ2) is 7.49. The molecule has 0 aliphatic carbocycles. The van der Waals surface area contributed by atoms with Crippen LogP contribution >= 0.6 is 0 Å². The Bertz CT molecular complexity index is 1210. The van der Waals surface area contributed by atoms with Crippen molar-refractivity contribution in [3.05, 3.63) is 48.3 Å². The number of aromatic nitrogens is 5. The van der Waals surface area contributed by atoms with Crippen LogP contribution < -0.4 is 15.5 Å². The van der Waals surface area contributed by atoms with Crippen LogP contribution in [0.5, 0.6) is 0 Å². The first-order valence-corrected chi connectivity index (χ1v) is 10.1. The number of halogens is 1. The lowest BCUT2D eigenvalue weighted by Gasteiger charge is -2.29. The van der Waals surface area contributed by atoms with Crippen molar-refractivity contribution in [1.82, 2.24) is 29.7 Å². The maximum atomic E-state index is 14.7. The van der Waals surface area contributed by atoms with Crippen LogP contribution in [0.2, 0.25) is 0 Å². The van der Waals surface area contributed by atoms with E-state index >= 15 is 0 Å². The third kappa shape index (κ3) is 3.30. The summed E-state index contributed by atoms with van der Waals surface area (Å²) < 4.78 is 16.7. The summed E-state index contributed by atoms with van der Waals surface area (Å²) in [5.74, 6) is 0.715. The van der Waals surface area contributed by atoms with Crippen molar-refractivity contribution < 1.29 is 4.39 Å². The van der Waals surface area contributed by atoms with Crippen LogP contribution in [0.3, 0.4) is 0 Å². The quantitative estimate of drug-likeness (QED) is 0.539. The molecule has 4 aromatic rings. The van der Waals surface area contributed by atoms with Crippen molar-refractivity contribution in [1.29, 1.82) is 0 Å². The third-order valence-corrected chi connectivity index (χ3v) is 5.36. The van der Waals surface area contributed by atoms with Crippen molar-refractivity contribution in [2.24, 2.45) is 0 Å². The first-order valence-electron chi connectivity index (χ1n) is 10.1. The summed E-state index contributed by atoms with van der Waals surface area (Å²) in [7, 11) is 0. The largest absolute Gasteiger partial charge is 0.365 e. The van der Waals surface area contributed by atoms with Gasteiger partial charge in [-0.25, -0.2) is 19.3 Å². The molecule has 1 saturated heterocycles. The highest BCUT2D eigenvalue weighted by Crippen LogP contribution is 2.25. The third-order valence-electron chi connectivity index (χ3n) is 5.36. The molecule has 1 aliphatic rings. The van der Waals surface area contributed by atoms with Crippen molar-refractivity contribution in [3.8, 4) is 0 Å². The lowest BCUT2D eigenvalue weighted by Crippen LogP contribution is -2.43. The summed E-state index contributed by atoms with van der Waals surface area (Å²) in [6.45, 7) is 7.44. The van der Waals surface area contributed by atoms with Crippen LogP contribution in [0.1, 0.15) is 25.5 Å². The summed E-state index contributed by atoms with van der Waals surface area (Å²) in [6.07, 6.45) is 5.19. The van der Waals surface area contributed by atoms with Gasteiger partial charge in [0.25, 0.3) is 0 Å². The Morgan fingerprint density at radius 3 is 2.67 bits per heavy atom. The smallest absolute Gasteiger partial charge is 0.230 e. The van der Waals surface area contributed by atoms with Crippen molar-refractivity contribution in [2.75, 3.05) is 36.4 Å². The number of imidazole rings is 1. The lowest BCUT2D eigenvalue weighted by molar-refractivity contribution is 0.565. The van der Waals surface area contributed by atoms with Crippen molar-refractivity contribution in [3.63, 3.8) is 0 Å². The summed E-state index contributed by atoms with van der Waals surface area (Å²) >= 11 is 0. The molecular formula is C21H23FN8. The van der Waals surface area contributed by atoms with E-state index in [0.29, 0.717) is 23.4 Å².